The molecule has 1 heterocycles. The highest BCUT2D eigenvalue weighted by molar-refractivity contribution is 5.21. The molecule has 2 nitrogen and oxygen atoms in total. The van der Waals surface area contributed by atoms with Crippen molar-refractivity contribution in [2.24, 2.45) is 7.05 Å². The van der Waals surface area contributed by atoms with Crippen molar-refractivity contribution in [1.29, 1.82) is 0 Å². The number of aryl methyl sites for hydroxylation is 1. The first kappa shape index (κ1) is 4.92. The maximum atomic E-state index is 5.04. The lowest BCUT2D eigenvalue weighted by atomic mass is 10.5. The van der Waals surface area contributed by atoms with Gasteiger partial charge in [-0.25, -0.2) is 0 Å². The second kappa shape index (κ2) is 1.71. The highest BCUT2D eigenvalue weighted by Crippen LogP contribution is 1.87. The molecule has 1 rings (SSSR count). The minimum absolute atomic E-state index is 0.688. The lowest BCUT2D eigenvalue weighted by Crippen LogP contribution is -1.86. The van der Waals surface area contributed by atoms with Crippen molar-refractivity contribution >= 4 is 0 Å². The van der Waals surface area contributed by atoms with Gasteiger partial charge in [0.05, 0.1) is 0 Å². The van der Waals surface area contributed by atoms with Crippen molar-refractivity contribution in [3.05, 3.63) is 18.0 Å². The zero-order valence-corrected chi connectivity index (χ0v) is 4.63. The molecular weight excluding hydrogens is 100 g/mol. The standard InChI is InChI=1S/C6H6N2/c1-3-6-4-5-8(2)7-6/h1,4-5H,2H3. The summed E-state index contributed by atoms with van der Waals surface area (Å²) in [6.07, 6.45) is 6.85. The molecule has 8 heavy (non-hydrogen) atoms. The number of rotatable bonds is 0. The Hall–Kier alpha value is -1.23. The first-order valence-electron chi connectivity index (χ1n) is 2.29. The highest BCUT2D eigenvalue weighted by Gasteiger charge is 1.85. The Morgan fingerprint density at radius 3 is 2.88 bits per heavy atom. The predicted molar refractivity (Wildman–Crippen MR) is 31.1 cm³/mol. The van der Waals surface area contributed by atoms with Crippen LogP contribution in [0.15, 0.2) is 12.3 Å². The van der Waals surface area contributed by atoms with Crippen molar-refractivity contribution in [3.8, 4) is 12.3 Å². The average molecular weight is 106 g/mol. The summed E-state index contributed by atoms with van der Waals surface area (Å²) in [4.78, 5) is 0. The quantitative estimate of drug-likeness (QED) is 0.438. The molecule has 0 aromatic carbocycles. The molecule has 40 valence electrons. The first-order valence-corrected chi connectivity index (χ1v) is 2.29. The third-order valence-electron chi connectivity index (χ3n) is 0.861. The SMILES string of the molecule is C#Cc1ccn(C)n1. The zero-order valence-electron chi connectivity index (χ0n) is 4.63. The van der Waals surface area contributed by atoms with Gasteiger partial charge in [0.2, 0.25) is 0 Å². The Morgan fingerprint density at radius 2 is 2.62 bits per heavy atom. The van der Waals surface area contributed by atoms with Crippen LogP contribution < -0.4 is 0 Å². The van der Waals surface area contributed by atoms with Crippen LogP contribution >= 0.6 is 0 Å². The van der Waals surface area contributed by atoms with Gasteiger partial charge in [0.1, 0.15) is 5.69 Å². The molecule has 0 saturated carbocycles. The van der Waals surface area contributed by atoms with E-state index in [-0.39, 0.29) is 0 Å². The molecule has 0 aliphatic carbocycles. The number of hydrogen-bond acceptors (Lipinski definition) is 1. The molecule has 0 saturated heterocycles. The van der Waals surface area contributed by atoms with Gasteiger partial charge in [-0.15, -0.1) is 6.42 Å². The van der Waals surface area contributed by atoms with Crippen molar-refractivity contribution in [1.82, 2.24) is 9.78 Å². The zero-order chi connectivity index (χ0) is 5.98. The third-order valence-corrected chi connectivity index (χ3v) is 0.861. The molecular formula is C6H6N2. The fourth-order valence-electron chi connectivity index (χ4n) is 0.492. The number of terminal acetylenes is 1. The number of nitrogens with zero attached hydrogens (tertiary/aromatic N) is 2. The van der Waals surface area contributed by atoms with Crippen molar-refractivity contribution in [2.75, 3.05) is 0 Å². The molecule has 0 aliphatic rings. The lowest BCUT2D eigenvalue weighted by molar-refractivity contribution is 0.764. The van der Waals surface area contributed by atoms with Crippen LogP contribution in [0.2, 0.25) is 0 Å². The fourth-order valence-corrected chi connectivity index (χ4v) is 0.492. The molecule has 2 heteroatoms. The van der Waals surface area contributed by atoms with E-state index < -0.39 is 0 Å². The summed E-state index contributed by atoms with van der Waals surface area (Å²) in [5, 5.41) is 3.91. The van der Waals surface area contributed by atoms with Crippen molar-refractivity contribution in [3.63, 3.8) is 0 Å². The van der Waals surface area contributed by atoms with Gasteiger partial charge in [0.15, 0.2) is 0 Å². The van der Waals surface area contributed by atoms with E-state index in [1.165, 1.54) is 0 Å². The van der Waals surface area contributed by atoms with Crippen LogP contribution in [0.4, 0.5) is 0 Å². The number of aromatic nitrogens is 2. The molecule has 1 aromatic rings. The minimum Gasteiger partial charge on any atom is -0.275 e. The Balaban J connectivity index is 3.05. The van der Waals surface area contributed by atoms with Crippen LogP contribution in [0.5, 0.6) is 0 Å². The fraction of sp³-hybridized carbons (Fsp3) is 0.167. The summed E-state index contributed by atoms with van der Waals surface area (Å²) in [7, 11) is 1.83. The van der Waals surface area contributed by atoms with Gasteiger partial charge < -0.3 is 0 Å². The van der Waals surface area contributed by atoms with Gasteiger partial charge in [0.25, 0.3) is 0 Å². The molecule has 0 spiro atoms. The summed E-state index contributed by atoms with van der Waals surface area (Å²) in [5.74, 6) is 2.42. The number of hydrogen-bond donors (Lipinski definition) is 0. The van der Waals surface area contributed by atoms with E-state index in [0.717, 1.165) is 0 Å². The molecule has 0 N–H and O–H groups in total. The van der Waals surface area contributed by atoms with Crippen LogP contribution in [0.3, 0.4) is 0 Å². The van der Waals surface area contributed by atoms with Gasteiger partial charge in [-0.3, -0.25) is 4.68 Å². The summed E-state index contributed by atoms with van der Waals surface area (Å²) < 4.78 is 1.68. The average Bonchev–Trinajstić information content (AvgIpc) is 2.14. The maximum Gasteiger partial charge on any atom is 0.134 e. The molecule has 0 aliphatic heterocycles. The first-order chi connectivity index (χ1) is 3.83. The summed E-state index contributed by atoms with van der Waals surface area (Å²) in [5.41, 5.74) is 0.688. The van der Waals surface area contributed by atoms with Gasteiger partial charge in [-0.05, 0) is 12.0 Å². The topological polar surface area (TPSA) is 17.8 Å². The van der Waals surface area contributed by atoms with Crippen molar-refractivity contribution in [2.45, 2.75) is 0 Å². The van der Waals surface area contributed by atoms with E-state index in [1.807, 2.05) is 13.2 Å². The molecule has 0 radical (unpaired) electrons. The van der Waals surface area contributed by atoms with Gasteiger partial charge in [-0.2, -0.15) is 5.10 Å². The van der Waals surface area contributed by atoms with Crippen LogP contribution in [0, 0.1) is 12.3 Å². The molecule has 1 aromatic heterocycles. The van der Waals surface area contributed by atoms with E-state index in [4.69, 9.17) is 6.42 Å². The molecule has 0 unspecified atom stereocenters. The van der Waals surface area contributed by atoms with Crippen molar-refractivity contribution < 1.29 is 0 Å². The summed E-state index contributed by atoms with van der Waals surface area (Å²) >= 11 is 0. The molecule has 0 fully saturated rings. The minimum atomic E-state index is 0.688. The Kier molecular flexibility index (Phi) is 1.05. The summed E-state index contributed by atoms with van der Waals surface area (Å²) in [6.45, 7) is 0. The second-order valence-electron chi connectivity index (χ2n) is 1.52. The Bertz CT molecular complexity index is 217. The summed E-state index contributed by atoms with van der Waals surface area (Å²) in [6, 6.07) is 1.79. The van der Waals surface area contributed by atoms with Crippen LogP contribution in [0.25, 0.3) is 0 Å². The van der Waals surface area contributed by atoms with E-state index in [9.17, 15) is 0 Å². The van der Waals surface area contributed by atoms with E-state index in [0.29, 0.717) is 5.69 Å². The van der Waals surface area contributed by atoms with Gasteiger partial charge >= 0.3 is 0 Å². The molecule has 0 atom stereocenters. The van der Waals surface area contributed by atoms with Gasteiger partial charge in [0, 0.05) is 13.2 Å². The largest absolute Gasteiger partial charge is 0.275 e. The van der Waals surface area contributed by atoms with Crippen LogP contribution in [-0.4, -0.2) is 9.78 Å². The second-order valence-corrected chi connectivity index (χ2v) is 1.52. The Labute approximate surface area is 48.1 Å². The van der Waals surface area contributed by atoms with Crippen LogP contribution in [-0.2, 0) is 7.05 Å². The third kappa shape index (κ3) is 0.710. The predicted octanol–water partition coefficient (Wildman–Crippen LogP) is 0.401. The smallest absolute Gasteiger partial charge is 0.134 e. The molecule has 0 bridgehead atoms. The van der Waals surface area contributed by atoms with Crippen LogP contribution in [0.1, 0.15) is 5.69 Å². The lowest BCUT2D eigenvalue weighted by Gasteiger charge is -1.79. The van der Waals surface area contributed by atoms with E-state index in [2.05, 4.69) is 11.0 Å². The monoisotopic (exact) mass is 106 g/mol. The van der Waals surface area contributed by atoms with E-state index >= 15 is 0 Å². The maximum absolute atomic E-state index is 5.04. The Morgan fingerprint density at radius 1 is 1.88 bits per heavy atom. The highest BCUT2D eigenvalue weighted by atomic mass is 15.2. The molecule has 0 amide bonds. The van der Waals surface area contributed by atoms with E-state index in [1.54, 1.807) is 10.7 Å². The van der Waals surface area contributed by atoms with Gasteiger partial charge in [-0.1, -0.05) is 0 Å². The normalized spacial score (nSPS) is 8.50.